The van der Waals surface area contributed by atoms with E-state index in [-0.39, 0.29) is 0 Å². The van der Waals surface area contributed by atoms with Gasteiger partial charge in [-0.15, -0.1) is 0 Å². The normalized spacial score (nSPS) is 10.2. The van der Waals surface area contributed by atoms with Gasteiger partial charge in [-0.2, -0.15) is 11.3 Å². The Morgan fingerprint density at radius 1 is 1.53 bits per heavy atom. The van der Waals surface area contributed by atoms with Gasteiger partial charge in [-0.25, -0.2) is 9.78 Å². The van der Waals surface area contributed by atoms with Crippen molar-refractivity contribution in [3.8, 4) is 0 Å². The van der Waals surface area contributed by atoms with E-state index in [9.17, 15) is 4.79 Å². The van der Waals surface area contributed by atoms with Crippen molar-refractivity contribution in [2.75, 3.05) is 17.7 Å². The summed E-state index contributed by atoms with van der Waals surface area (Å²) in [6.45, 7) is 2.69. The maximum atomic E-state index is 11.7. The van der Waals surface area contributed by atoms with E-state index in [0.717, 1.165) is 5.56 Å². The molecule has 0 aliphatic heterocycles. The molecule has 6 heteroatoms. The zero-order valence-corrected chi connectivity index (χ0v) is 11.4. The largest absolute Gasteiger partial charge is 0.462 e. The molecule has 0 atom stereocenters. The van der Waals surface area contributed by atoms with Gasteiger partial charge in [0.05, 0.1) is 17.9 Å². The van der Waals surface area contributed by atoms with Crippen molar-refractivity contribution in [2.24, 2.45) is 0 Å². The van der Waals surface area contributed by atoms with Crippen LogP contribution in [0.2, 0.25) is 0 Å². The highest BCUT2D eigenvalue weighted by atomic mass is 32.1. The highest BCUT2D eigenvalue weighted by molar-refractivity contribution is 7.07. The predicted molar refractivity (Wildman–Crippen MR) is 76.3 cm³/mol. The number of rotatable bonds is 5. The smallest absolute Gasteiger partial charge is 0.340 e. The average Bonchev–Trinajstić information content (AvgIpc) is 2.91. The summed E-state index contributed by atoms with van der Waals surface area (Å²) in [5.41, 5.74) is 7.73. The number of anilines is 2. The topological polar surface area (TPSA) is 77.2 Å². The quantitative estimate of drug-likeness (QED) is 0.821. The van der Waals surface area contributed by atoms with Gasteiger partial charge in [0.15, 0.2) is 0 Å². The number of nitrogens with one attached hydrogen (secondary N) is 1. The SMILES string of the molecule is CCOC(=O)c1ccnc(NCc2ccsc2)c1N. The molecule has 100 valence electrons. The average molecular weight is 277 g/mol. The number of pyridine rings is 1. The number of thiophene rings is 1. The van der Waals surface area contributed by atoms with Crippen molar-refractivity contribution in [1.29, 1.82) is 0 Å². The first-order valence-corrected chi connectivity index (χ1v) is 6.83. The maximum absolute atomic E-state index is 11.7. The van der Waals surface area contributed by atoms with Crippen molar-refractivity contribution >= 4 is 28.8 Å². The van der Waals surface area contributed by atoms with Crippen molar-refractivity contribution in [3.05, 3.63) is 40.2 Å². The van der Waals surface area contributed by atoms with E-state index in [2.05, 4.69) is 10.3 Å². The maximum Gasteiger partial charge on any atom is 0.340 e. The van der Waals surface area contributed by atoms with Crippen LogP contribution >= 0.6 is 11.3 Å². The second-order valence-corrected chi connectivity index (χ2v) is 4.61. The Bertz CT molecular complexity index is 555. The molecule has 0 bridgehead atoms. The number of nitrogen functional groups attached to an aromatic ring is 1. The van der Waals surface area contributed by atoms with E-state index < -0.39 is 5.97 Å². The first-order chi connectivity index (χ1) is 9.22. The number of carbonyl (C=O) groups excluding carboxylic acids is 1. The molecule has 19 heavy (non-hydrogen) atoms. The van der Waals surface area contributed by atoms with Crippen LogP contribution in [0.1, 0.15) is 22.8 Å². The Kier molecular flexibility index (Phi) is 4.35. The molecule has 0 radical (unpaired) electrons. The third kappa shape index (κ3) is 3.23. The molecule has 0 unspecified atom stereocenters. The van der Waals surface area contributed by atoms with Crippen LogP contribution in [0, 0.1) is 0 Å². The van der Waals surface area contributed by atoms with Gasteiger partial charge >= 0.3 is 5.97 Å². The summed E-state index contributed by atoms with van der Waals surface area (Å²) in [4.78, 5) is 15.8. The van der Waals surface area contributed by atoms with Crippen molar-refractivity contribution in [3.63, 3.8) is 0 Å². The van der Waals surface area contributed by atoms with Crippen LogP contribution in [-0.2, 0) is 11.3 Å². The Morgan fingerprint density at radius 3 is 3.05 bits per heavy atom. The summed E-state index contributed by atoms with van der Waals surface area (Å²) < 4.78 is 4.94. The van der Waals surface area contributed by atoms with Crippen LogP contribution in [0.5, 0.6) is 0 Å². The van der Waals surface area contributed by atoms with E-state index in [4.69, 9.17) is 10.5 Å². The summed E-state index contributed by atoms with van der Waals surface area (Å²) in [5, 5.41) is 7.16. The number of nitrogens with two attached hydrogens (primary N) is 1. The van der Waals surface area contributed by atoms with E-state index in [0.29, 0.717) is 30.2 Å². The predicted octanol–water partition coefficient (Wildman–Crippen LogP) is 2.51. The Hall–Kier alpha value is -2.08. The molecular weight excluding hydrogens is 262 g/mol. The number of hydrogen-bond acceptors (Lipinski definition) is 6. The second-order valence-electron chi connectivity index (χ2n) is 3.83. The minimum Gasteiger partial charge on any atom is -0.462 e. The summed E-state index contributed by atoms with van der Waals surface area (Å²) >= 11 is 1.63. The molecule has 2 heterocycles. The molecule has 0 aliphatic carbocycles. The van der Waals surface area contributed by atoms with Gasteiger partial charge in [-0.3, -0.25) is 0 Å². The summed E-state index contributed by atoms with van der Waals surface area (Å²) in [5.74, 6) is 0.0673. The van der Waals surface area contributed by atoms with Gasteiger partial charge in [-0.1, -0.05) is 0 Å². The van der Waals surface area contributed by atoms with E-state index in [1.807, 2.05) is 16.8 Å². The van der Waals surface area contributed by atoms with E-state index in [1.54, 1.807) is 30.5 Å². The Balaban J connectivity index is 2.13. The Labute approximate surface area is 115 Å². The zero-order valence-electron chi connectivity index (χ0n) is 10.6. The van der Waals surface area contributed by atoms with E-state index >= 15 is 0 Å². The van der Waals surface area contributed by atoms with Crippen LogP contribution in [0.4, 0.5) is 11.5 Å². The van der Waals surface area contributed by atoms with Crippen LogP contribution in [-0.4, -0.2) is 17.6 Å². The molecule has 2 aromatic rings. The van der Waals surface area contributed by atoms with Gasteiger partial charge < -0.3 is 15.8 Å². The fraction of sp³-hybridized carbons (Fsp3) is 0.231. The molecular formula is C13H15N3O2S. The number of aromatic nitrogens is 1. The number of ether oxygens (including phenoxy) is 1. The fourth-order valence-corrected chi connectivity index (χ4v) is 2.25. The minimum absolute atomic E-state index is 0.316. The molecule has 0 aliphatic rings. The van der Waals surface area contributed by atoms with Gasteiger partial charge in [0.1, 0.15) is 5.82 Å². The van der Waals surface area contributed by atoms with Crippen molar-refractivity contribution in [1.82, 2.24) is 4.98 Å². The molecule has 5 nitrogen and oxygen atoms in total. The van der Waals surface area contributed by atoms with Crippen LogP contribution in [0.3, 0.4) is 0 Å². The van der Waals surface area contributed by atoms with Gasteiger partial charge in [0.2, 0.25) is 0 Å². The van der Waals surface area contributed by atoms with E-state index in [1.165, 1.54) is 0 Å². The molecule has 0 spiro atoms. The minimum atomic E-state index is -0.430. The van der Waals surface area contributed by atoms with Crippen molar-refractivity contribution < 1.29 is 9.53 Å². The lowest BCUT2D eigenvalue weighted by atomic mass is 10.2. The highest BCUT2D eigenvalue weighted by Crippen LogP contribution is 2.21. The second kappa shape index (κ2) is 6.19. The standard InChI is InChI=1S/C13H15N3O2S/c1-2-18-13(17)10-3-5-15-12(11(10)14)16-7-9-4-6-19-8-9/h3-6,8H,2,7,14H2,1H3,(H,15,16). The fourth-order valence-electron chi connectivity index (χ4n) is 1.58. The third-order valence-corrected chi connectivity index (χ3v) is 3.26. The summed E-state index contributed by atoms with van der Waals surface area (Å²) in [7, 11) is 0. The first-order valence-electron chi connectivity index (χ1n) is 5.89. The monoisotopic (exact) mass is 277 g/mol. The number of esters is 1. The summed E-state index contributed by atoms with van der Waals surface area (Å²) in [6, 6.07) is 3.58. The lowest BCUT2D eigenvalue weighted by molar-refractivity contribution is 0.0527. The molecule has 0 fully saturated rings. The highest BCUT2D eigenvalue weighted by Gasteiger charge is 2.14. The molecule has 2 rings (SSSR count). The molecule has 2 aromatic heterocycles. The Morgan fingerprint density at radius 2 is 2.37 bits per heavy atom. The summed E-state index contributed by atoms with van der Waals surface area (Å²) in [6.07, 6.45) is 1.54. The molecule has 0 saturated heterocycles. The third-order valence-electron chi connectivity index (χ3n) is 2.53. The lowest BCUT2D eigenvalue weighted by Crippen LogP contribution is -2.11. The van der Waals surface area contributed by atoms with Gasteiger partial charge in [-0.05, 0) is 35.4 Å². The van der Waals surface area contributed by atoms with Crippen LogP contribution < -0.4 is 11.1 Å². The molecule has 0 aromatic carbocycles. The van der Waals surface area contributed by atoms with Crippen molar-refractivity contribution in [2.45, 2.75) is 13.5 Å². The van der Waals surface area contributed by atoms with Crippen LogP contribution in [0.25, 0.3) is 0 Å². The molecule has 3 N–H and O–H groups in total. The number of hydrogen-bond donors (Lipinski definition) is 2. The zero-order chi connectivity index (χ0) is 13.7. The lowest BCUT2D eigenvalue weighted by Gasteiger charge is -2.10. The first kappa shape index (κ1) is 13.4. The van der Waals surface area contributed by atoms with Gasteiger partial charge in [0, 0.05) is 12.7 Å². The molecule has 0 amide bonds. The van der Waals surface area contributed by atoms with Gasteiger partial charge in [0.25, 0.3) is 0 Å². The number of nitrogens with zero attached hydrogens (tertiary/aromatic N) is 1. The number of carbonyl (C=O) groups is 1. The molecule has 0 saturated carbocycles. The van der Waals surface area contributed by atoms with Crippen LogP contribution in [0.15, 0.2) is 29.1 Å².